The summed E-state index contributed by atoms with van der Waals surface area (Å²) in [7, 11) is -3.62. The Kier molecular flexibility index (Phi) is 5.29. The zero-order chi connectivity index (χ0) is 19.8. The number of carbonyl (C=O) groups excluding carboxylic acids is 1. The summed E-state index contributed by atoms with van der Waals surface area (Å²) in [6.45, 7) is 6.18. The Morgan fingerprint density at radius 3 is 2.48 bits per heavy atom. The number of aryl methyl sites for hydroxylation is 3. The van der Waals surface area contributed by atoms with Crippen molar-refractivity contribution < 1.29 is 13.2 Å². The van der Waals surface area contributed by atoms with Gasteiger partial charge in [0.15, 0.2) is 0 Å². The lowest BCUT2D eigenvalue weighted by Crippen LogP contribution is -2.50. The highest BCUT2D eigenvalue weighted by Gasteiger charge is 2.34. The number of amides is 1. The second-order valence-corrected chi connectivity index (χ2v) is 9.08. The van der Waals surface area contributed by atoms with Gasteiger partial charge in [-0.1, -0.05) is 24.3 Å². The molecule has 0 saturated heterocycles. The van der Waals surface area contributed by atoms with E-state index in [1.807, 2.05) is 50.2 Å². The van der Waals surface area contributed by atoms with Crippen molar-refractivity contribution in [3.05, 3.63) is 59.2 Å². The van der Waals surface area contributed by atoms with Crippen LogP contribution < -0.4 is 9.21 Å². The van der Waals surface area contributed by atoms with Crippen molar-refractivity contribution in [3.63, 3.8) is 0 Å². The fourth-order valence-corrected chi connectivity index (χ4v) is 4.81. The molecule has 0 aliphatic carbocycles. The number of hydrogen-bond donors (Lipinski definition) is 0. The van der Waals surface area contributed by atoms with Crippen LogP contribution in [0.15, 0.2) is 42.5 Å². The smallest absolute Gasteiger partial charge is 0.250 e. The van der Waals surface area contributed by atoms with E-state index < -0.39 is 16.1 Å². The van der Waals surface area contributed by atoms with Crippen LogP contribution in [0, 0.1) is 13.8 Å². The number of benzene rings is 2. The van der Waals surface area contributed by atoms with E-state index in [1.54, 1.807) is 17.9 Å². The summed E-state index contributed by atoms with van der Waals surface area (Å²) in [5.74, 6) is -0.203. The second kappa shape index (κ2) is 7.35. The normalized spacial score (nSPS) is 15.2. The van der Waals surface area contributed by atoms with Crippen LogP contribution in [-0.2, 0) is 21.2 Å². The Morgan fingerprint density at radius 2 is 1.81 bits per heavy atom. The molecule has 1 atom stereocenters. The minimum atomic E-state index is -3.62. The number of fused-ring (bicyclic) bond motifs is 1. The van der Waals surface area contributed by atoms with Crippen LogP contribution in [0.5, 0.6) is 0 Å². The Morgan fingerprint density at radius 1 is 1.11 bits per heavy atom. The van der Waals surface area contributed by atoms with Gasteiger partial charge < -0.3 is 4.90 Å². The molecule has 0 spiro atoms. The first-order chi connectivity index (χ1) is 12.7. The third kappa shape index (κ3) is 3.86. The Labute approximate surface area is 161 Å². The average Bonchev–Trinajstić information content (AvgIpc) is 2.62. The van der Waals surface area contributed by atoms with Crippen LogP contribution in [-0.4, -0.2) is 33.2 Å². The van der Waals surface area contributed by atoms with Crippen LogP contribution in [0.1, 0.15) is 30.0 Å². The predicted octanol–water partition coefficient (Wildman–Crippen LogP) is 3.44. The van der Waals surface area contributed by atoms with Crippen LogP contribution in [0.4, 0.5) is 11.4 Å². The SMILES string of the molecule is Cc1ccc(N([C@@H](C)C(=O)N2CCCc3ccccc32)S(C)(=O)=O)cc1C. The van der Waals surface area contributed by atoms with Crippen molar-refractivity contribution in [3.8, 4) is 0 Å². The van der Waals surface area contributed by atoms with Gasteiger partial charge in [-0.3, -0.25) is 9.10 Å². The molecular weight excluding hydrogens is 360 g/mol. The molecule has 1 heterocycles. The van der Waals surface area contributed by atoms with Gasteiger partial charge in [0.25, 0.3) is 5.91 Å². The highest BCUT2D eigenvalue weighted by Crippen LogP contribution is 2.30. The molecule has 2 aromatic carbocycles. The quantitative estimate of drug-likeness (QED) is 0.809. The van der Waals surface area contributed by atoms with Gasteiger partial charge in [0.2, 0.25) is 10.0 Å². The van der Waals surface area contributed by atoms with Gasteiger partial charge >= 0.3 is 0 Å². The van der Waals surface area contributed by atoms with E-state index >= 15 is 0 Å². The fourth-order valence-electron chi connectivity index (χ4n) is 3.65. The zero-order valence-electron chi connectivity index (χ0n) is 16.3. The standard InChI is InChI=1S/C21H26N2O3S/c1-15-11-12-19(14-16(15)2)23(27(4,25)26)17(3)21(24)22-13-7-9-18-8-5-6-10-20(18)22/h5-6,8,10-12,14,17H,7,9,13H2,1-4H3/t17-/m0/s1. The maximum Gasteiger partial charge on any atom is 0.250 e. The van der Waals surface area contributed by atoms with Crippen molar-refractivity contribution in [2.24, 2.45) is 0 Å². The maximum absolute atomic E-state index is 13.3. The molecule has 3 rings (SSSR count). The summed E-state index contributed by atoms with van der Waals surface area (Å²) in [4.78, 5) is 15.0. The van der Waals surface area contributed by atoms with Gasteiger partial charge in [0, 0.05) is 12.2 Å². The zero-order valence-corrected chi connectivity index (χ0v) is 17.1. The third-order valence-electron chi connectivity index (χ3n) is 5.19. The summed E-state index contributed by atoms with van der Waals surface area (Å²) < 4.78 is 26.4. The molecule has 0 N–H and O–H groups in total. The lowest BCUT2D eigenvalue weighted by Gasteiger charge is -2.35. The summed E-state index contributed by atoms with van der Waals surface area (Å²) in [6, 6.07) is 12.5. The molecule has 1 aliphatic heterocycles. The molecule has 0 aromatic heterocycles. The predicted molar refractivity (Wildman–Crippen MR) is 110 cm³/mol. The summed E-state index contributed by atoms with van der Waals surface area (Å²) in [5, 5.41) is 0. The van der Waals surface area contributed by atoms with Gasteiger partial charge in [-0.2, -0.15) is 0 Å². The molecule has 144 valence electrons. The molecule has 1 amide bonds. The number of rotatable bonds is 4. The molecule has 1 aliphatic rings. The molecule has 6 heteroatoms. The van der Waals surface area contributed by atoms with E-state index in [2.05, 4.69) is 0 Å². The molecule has 0 fully saturated rings. The van der Waals surface area contributed by atoms with E-state index in [-0.39, 0.29) is 5.91 Å². The van der Waals surface area contributed by atoms with Crippen molar-refractivity contribution >= 4 is 27.3 Å². The van der Waals surface area contributed by atoms with Crippen molar-refractivity contribution in [2.75, 3.05) is 22.0 Å². The summed E-state index contributed by atoms with van der Waals surface area (Å²) >= 11 is 0. The van der Waals surface area contributed by atoms with E-state index in [4.69, 9.17) is 0 Å². The number of hydrogen-bond acceptors (Lipinski definition) is 3. The number of nitrogens with zero attached hydrogens (tertiary/aromatic N) is 2. The van der Waals surface area contributed by atoms with E-state index in [9.17, 15) is 13.2 Å². The molecular formula is C21H26N2O3S. The third-order valence-corrected chi connectivity index (χ3v) is 6.43. The minimum absolute atomic E-state index is 0.203. The van der Waals surface area contributed by atoms with Crippen LogP contribution >= 0.6 is 0 Å². The highest BCUT2D eigenvalue weighted by molar-refractivity contribution is 7.92. The van der Waals surface area contributed by atoms with E-state index in [0.717, 1.165) is 41.5 Å². The molecule has 2 aromatic rings. The van der Waals surface area contributed by atoms with Gasteiger partial charge in [-0.25, -0.2) is 8.42 Å². The molecule has 0 radical (unpaired) electrons. The molecule has 0 unspecified atom stereocenters. The molecule has 5 nitrogen and oxygen atoms in total. The van der Waals surface area contributed by atoms with E-state index in [0.29, 0.717) is 12.2 Å². The lowest BCUT2D eigenvalue weighted by atomic mass is 10.0. The second-order valence-electron chi connectivity index (χ2n) is 7.23. The maximum atomic E-state index is 13.3. The van der Waals surface area contributed by atoms with Crippen molar-refractivity contribution in [1.82, 2.24) is 0 Å². The summed E-state index contributed by atoms with van der Waals surface area (Å²) in [6.07, 6.45) is 2.95. The van der Waals surface area contributed by atoms with Gasteiger partial charge in [-0.15, -0.1) is 0 Å². The van der Waals surface area contributed by atoms with Crippen LogP contribution in [0.25, 0.3) is 0 Å². The van der Waals surface area contributed by atoms with Crippen molar-refractivity contribution in [2.45, 2.75) is 39.7 Å². The fraction of sp³-hybridized carbons (Fsp3) is 0.381. The monoisotopic (exact) mass is 386 g/mol. The molecule has 0 saturated carbocycles. The molecule has 27 heavy (non-hydrogen) atoms. The van der Waals surface area contributed by atoms with Gasteiger partial charge in [0.05, 0.1) is 11.9 Å². The highest BCUT2D eigenvalue weighted by atomic mass is 32.2. The van der Waals surface area contributed by atoms with Crippen LogP contribution in [0.2, 0.25) is 0 Å². The lowest BCUT2D eigenvalue weighted by molar-refractivity contribution is -0.119. The molecule has 0 bridgehead atoms. The van der Waals surface area contributed by atoms with Gasteiger partial charge in [0.1, 0.15) is 6.04 Å². The Bertz CT molecular complexity index is 969. The van der Waals surface area contributed by atoms with Crippen molar-refractivity contribution in [1.29, 1.82) is 0 Å². The topological polar surface area (TPSA) is 57.7 Å². The van der Waals surface area contributed by atoms with Gasteiger partial charge in [-0.05, 0) is 68.5 Å². The Hall–Kier alpha value is -2.34. The van der Waals surface area contributed by atoms with E-state index in [1.165, 1.54) is 4.31 Å². The number of sulfonamides is 1. The first-order valence-electron chi connectivity index (χ1n) is 9.16. The largest absolute Gasteiger partial charge is 0.310 e. The minimum Gasteiger partial charge on any atom is -0.310 e. The number of anilines is 2. The summed E-state index contributed by atoms with van der Waals surface area (Å²) in [5.41, 5.74) is 4.60. The first-order valence-corrected chi connectivity index (χ1v) is 11.0. The first kappa shape index (κ1) is 19.4. The number of carbonyl (C=O) groups is 1. The Balaban J connectivity index is 1.99. The number of para-hydroxylation sites is 1. The van der Waals surface area contributed by atoms with Crippen LogP contribution in [0.3, 0.4) is 0 Å². The average molecular weight is 387 g/mol.